The van der Waals surface area contributed by atoms with Gasteiger partial charge >= 0.3 is 12.0 Å². The maximum atomic E-state index is 5.74. The van der Waals surface area contributed by atoms with Gasteiger partial charge in [0.1, 0.15) is 5.75 Å². The van der Waals surface area contributed by atoms with Gasteiger partial charge in [-0.3, -0.25) is 0 Å². The van der Waals surface area contributed by atoms with Gasteiger partial charge in [-0.25, -0.2) is 15.0 Å². The van der Waals surface area contributed by atoms with E-state index in [0.717, 1.165) is 10.9 Å². The molecule has 21 heavy (non-hydrogen) atoms. The van der Waals surface area contributed by atoms with E-state index in [-0.39, 0.29) is 6.01 Å². The molecule has 7 heteroatoms. The molecule has 0 aliphatic rings. The third-order valence-electron chi connectivity index (χ3n) is 2.63. The molecule has 0 N–H and O–H groups in total. The van der Waals surface area contributed by atoms with Crippen LogP contribution in [-0.4, -0.2) is 26.5 Å². The average Bonchev–Trinajstić information content (AvgIpc) is 2.50. The van der Waals surface area contributed by atoms with Crippen LogP contribution in [0.5, 0.6) is 17.8 Å². The molecular formula is C14H11ClN4O2. The molecule has 0 atom stereocenters. The highest BCUT2D eigenvalue weighted by molar-refractivity contribution is 6.30. The lowest BCUT2D eigenvalue weighted by Crippen LogP contribution is -1.98. The number of nitrogens with zero attached hydrogens (tertiary/aromatic N) is 4. The molecule has 0 spiro atoms. The Bertz CT molecular complexity index is 765. The molecule has 2 aromatic heterocycles. The van der Waals surface area contributed by atoms with Crippen LogP contribution in [0.4, 0.5) is 0 Å². The van der Waals surface area contributed by atoms with Crippen LogP contribution in [-0.2, 0) is 0 Å². The monoisotopic (exact) mass is 302 g/mol. The molecule has 0 saturated heterocycles. The van der Waals surface area contributed by atoms with Gasteiger partial charge in [0, 0.05) is 6.20 Å². The van der Waals surface area contributed by atoms with Crippen LogP contribution in [0.3, 0.4) is 0 Å². The van der Waals surface area contributed by atoms with Gasteiger partial charge in [0.15, 0.2) is 0 Å². The Labute approximate surface area is 125 Å². The van der Waals surface area contributed by atoms with Gasteiger partial charge in [-0.1, -0.05) is 17.7 Å². The van der Waals surface area contributed by atoms with Crippen molar-refractivity contribution in [3.63, 3.8) is 0 Å². The number of hydrogen-bond acceptors (Lipinski definition) is 6. The number of ether oxygens (including phenoxy) is 2. The van der Waals surface area contributed by atoms with Crippen molar-refractivity contribution in [1.29, 1.82) is 0 Å². The van der Waals surface area contributed by atoms with Crippen LogP contribution in [0.2, 0.25) is 5.02 Å². The van der Waals surface area contributed by atoms with Crippen LogP contribution in [0.1, 0.15) is 6.92 Å². The summed E-state index contributed by atoms with van der Waals surface area (Å²) in [7, 11) is 0. The van der Waals surface area contributed by atoms with E-state index in [1.54, 1.807) is 12.3 Å². The van der Waals surface area contributed by atoms with Crippen LogP contribution >= 0.6 is 11.6 Å². The molecule has 2 heterocycles. The summed E-state index contributed by atoms with van der Waals surface area (Å²) in [5, 5.41) is 1.20. The van der Waals surface area contributed by atoms with Crippen molar-refractivity contribution < 1.29 is 9.47 Å². The zero-order valence-electron chi connectivity index (χ0n) is 11.2. The third kappa shape index (κ3) is 3.00. The third-order valence-corrected chi connectivity index (χ3v) is 2.83. The van der Waals surface area contributed by atoms with Gasteiger partial charge in [-0.15, -0.1) is 0 Å². The van der Waals surface area contributed by atoms with Gasteiger partial charge in [0.05, 0.1) is 34.9 Å². The highest BCUT2D eigenvalue weighted by atomic mass is 35.5. The Morgan fingerprint density at radius 2 is 1.81 bits per heavy atom. The Morgan fingerprint density at radius 3 is 2.57 bits per heavy atom. The fourth-order valence-electron chi connectivity index (χ4n) is 1.75. The number of aromatic nitrogens is 4. The fraction of sp³-hybridized carbons (Fsp3) is 0.143. The van der Waals surface area contributed by atoms with E-state index < -0.39 is 0 Å². The summed E-state index contributed by atoms with van der Waals surface area (Å²) in [5.74, 6) is 0.567. The first-order chi connectivity index (χ1) is 10.3. The Balaban J connectivity index is 1.96. The number of benzene rings is 1. The van der Waals surface area contributed by atoms with E-state index in [2.05, 4.69) is 19.9 Å². The maximum absolute atomic E-state index is 5.74. The minimum atomic E-state index is 0.209. The van der Waals surface area contributed by atoms with Crippen molar-refractivity contribution in [2.24, 2.45) is 0 Å². The predicted octanol–water partition coefficient (Wildman–Crippen LogP) is 3.26. The van der Waals surface area contributed by atoms with Crippen LogP contribution in [0.15, 0.2) is 36.8 Å². The number of hydrogen-bond donors (Lipinski definition) is 0. The smallest absolute Gasteiger partial charge is 0.321 e. The average molecular weight is 303 g/mol. The molecular weight excluding hydrogens is 292 g/mol. The van der Waals surface area contributed by atoms with Crippen LogP contribution in [0, 0.1) is 0 Å². The number of halogens is 1. The maximum Gasteiger partial charge on any atom is 0.321 e. The number of rotatable bonds is 4. The Morgan fingerprint density at radius 1 is 1.05 bits per heavy atom. The molecule has 0 aliphatic heterocycles. The lowest BCUT2D eigenvalue weighted by atomic mass is 10.2. The molecule has 0 fully saturated rings. The fourth-order valence-corrected chi connectivity index (χ4v) is 1.85. The highest BCUT2D eigenvalue weighted by Gasteiger charge is 2.08. The lowest BCUT2D eigenvalue weighted by molar-refractivity contribution is 0.314. The lowest BCUT2D eigenvalue weighted by Gasteiger charge is -2.07. The van der Waals surface area contributed by atoms with E-state index in [4.69, 9.17) is 21.1 Å². The summed E-state index contributed by atoms with van der Waals surface area (Å²) in [6.07, 6.45) is 4.59. The summed E-state index contributed by atoms with van der Waals surface area (Å²) in [6, 6.07) is 6.03. The van der Waals surface area contributed by atoms with E-state index in [1.807, 2.05) is 19.1 Å². The predicted molar refractivity (Wildman–Crippen MR) is 77.8 cm³/mol. The first kappa shape index (κ1) is 13.5. The second-order valence-corrected chi connectivity index (χ2v) is 4.50. The molecule has 0 saturated carbocycles. The SMILES string of the molecule is CCOc1ncc2c(Oc3ncc(Cl)cn3)cccc2n1. The molecule has 6 nitrogen and oxygen atoms in total. The number of fused-ring (bicyclic) bond motifs is 1. The van der Waals surface area contributed by atoms with Crippen molar-refractivity contribution in [1.82, 2.24) is 19.9 Å². The first-order valence-corrected chi connectivity index (χ1v) is 6.68. The summed E-state index contributed by atoms with van der Waals surface area (Å²) in [4.78, 5) is 16.4. The van der Waals surface area contributed by atoms with Gasteiger partial charge in [-0.05, 0) is 19.1 Å². The van der Waals surface area contributed by atoms with Crippen molar-refractivity contribution in [3.8, 4) is 17.8 Å². The molecule has 1 aromatic carbocycles. The second kappa shape index (κ2) is 5.88. The summed E-state index contributed by atoms with van der Waals surface area (Å²) < 4.78 is 10.9. The molecule has 0 aliphatic carbocycles. The van der Waals surface area contributed by atoms with Gasteiger partial charge in [-0.2, -0.15) is 4.98 Å². The summed E-state index contributed by atoms with van der Waals surface area (Å²) >= 11 is 5.74. The van der Waals surface area contributed by atoms with Crippen molar-refractivity contribution in [2.75, 3.05) is 6.61 Å². The topological polar surface area (TPSA) is 70.0 Å². The zero-order valence-corrected chi connectivity index (χ0v) is 11.9. The minimum Gasteiger partial charge on any atom is -0.464 e. The molecule has 3 aromatic rings. The normalized spacial score (nSPS) is 10.6. The van der Waals surface area contributed by atoms with Crippen molar-refractivity contribution in [3.05, 3.63) is 41.8 Å². The molecule has 3 rings (SSSR count). The minimum absolute atomic E-state index is 0.209. The molecule has 0 radical (unpaired) electrons. The molecule has 0 bridgehead atoms. The summed E-state index contributed by atoms with van der Waals surface area (Å²) in [5.41, 5.74) is 0.722. The quantitative estimate of drug-likeness (QED) is 0.736. The van der Waals surface area contributed by atoms with Gasteiger partial charge in [0.2, 0.25) is 0 Å². The van der Waals surface area contributed by atoms with Gasteiger partial charge in [0.25, 0.3) is 0 Å². The van der Waals surface area contributed by atoms with Crippen LogP contribution in [0.25, 0.3) is 10.9 Å². The highest BCUT2D eigenvalue weighted by Crippen LogP contribution is 2.27. The molecule has 106 valence electrons. The van der Waals surface area contributed by atoms with E-state index >= 15 is 0 Å². The largest absolute Gasteiger partial charge is 0.464 e. The second-order valence-electron chi connectivity index (χ2n) is 4.06. The standard InChI is InChI=1S/C14H11ClN4O2/c1-2-20-14-18-8-10-11(19-14)4-3-5-12(10)21-13-16-6-9(15)7-17-13/h3-8H,2H2,1H3. The van der Waals surface area contributed by atoms with Crippen LogP contribution < -0.4 is 9.47 Å². The zero-order chi connectivity index (χ0) is 14.7. The van der Waals surface area contributed by atoms with E-state index in [9.17, 15) is 0 Å². The van der Waals surface area contributed by atoms with Crippen molar-refractivity contribution in [2.45, 2.75) is 6.92 Å². The first-order valence-electron chi connectivity index (χ1n) is 6.30. The Kier molecular flexibility index (Phi) is 3.79. The summed E-state index contributed by atoms with van der Waals surface area (Å²) in [6.45, 7) is 2.39. The van der Waals surface area contributed by atoms with Crippen molar-refractivity contribution >= 4 is 22.5 Å². The molecule has 0 amide bonds. The van der Waals surface area contributed by atoms with Gasteiger partial charge < -0.3 is 9.47 Å². The Hall–Kier alpha value is -2.47. The van der Waals surface area contributed by atoms with E-state index in [0.29, 0.717) is 23.4 Å². The molecule has 0 unspecified atom stereocenters. The van der Waals surface area contributed by atoms with E-state index in [1.165, 1.54) is 12.4 Å².